The molecule has 31 heavy (non-hydrogen) atoms. The number of nitrogens with zero attached hydrogens (tertiary/aromatic N) is 3. The second kappa shape index (κ2) is 8.28. The van der Waals surface area contributed by atoms with Gasteiger partial charge in [-0.1, -0.05) is 6.07 Å². The lowest BCUT2D eigenvalue weighted by molar-refractivity contribution is -0.385. The molecule has 1 amide bonds. The Kier molecular flexibility index (Phi) is 5.37. The highest BCUT2D eigenvalue weighted by Gasteiger charge is 2.18. The van der Waals surface area contributed by atoms with Crippen molar-refractivity contribution in [2.24, 2.45) is 0 Å². The molecule has 2 heterocycles. The smallest absolute Gasteiger partial charge is 0.273 e. The molecule has 4 aromatic rings. The molecule has 0 saturated carbocycles. The zero-order valence-electron chi connectivity index (χ0n) is 16.2. The van der Waals surface area contributed by atoms with E-state index in [1.54, 1.807) is 36.7 Å². The number of aromatic nitrogens is 2. The van der Waals surface area contributed by atoms with Gasteiger partial charge in [-0.15, -0.1) is 0 Å². The largest absolute Gasteiger partial charge is 0.436 e. The van der Waals surface area contributed by atoms with Gasteiger partial charge in [0.1, 0.15) is 5.52 Å². The van der Waals surface area contributed by atoms with Gasteiger partial charge in [0.25, 0.3) is 11.6 Å². The molecule has 2 N–H and O–H groups in total. The average Bonchev–Trinajstić information content (AvgIpc) is 3.17. The summed E-state index contributed by atoms with van der Waals surface area (Å²) in [4.78, 5) is 31.6. The third-order valence-corrected chi connectivity index (χ3v) is 4.73. The molecule has 0 aliphatic rings. The van der Waals surface area contributed by atoms with Gasteiger partial charge in [-0.25, -0.2) is 4.98 Å². The van der Waals surface area contributed by atoms with Gasteiger partial charge < -0.3 is 9.73 Å². The molecule has 2 aromatic carbocycles. The molecule has 0 aliphatic carbocycles. The number of anilines is 1. The predicted octanol–water partition coefficient (Wildman–Crippen LogP) is 4.23. The molecule has 0 bridgehead atoms. The Hall–Kier alpha value is -4.18. The van der Waals surface area contributed by atoms with Crippen molar-refractivity contribution in [1.82, 2.24) is 15.3 Å². The first-order chi connectivity index (χ1) is 14.9. The lowest BCUT2D eigenvalue weighted by atomic mass is 10.1. The van der Waals surface area contributed by atoms with Crippen molar-refractivity contribution in [3.8, 4) is 11.5 Å². The molecule has 0 fully saturated rings. The predicted molar refractivity (Wildman–Crippen MR) is 119 cm³/mol. The summed E-state index contributed by atoms with van der Waals surface area (Å²) in [6, 6.07) is 13.1. The number of hydrogen-bond donors (Lipinski definition) is 2. The first-order valence-electron chi connectivity index (χ1n) is 9.09. The molecule has 0 radical (unpaired) electrons. The summed E-state index contributed by atoms with van der Waals surface area (Å²) >= 11 is 5.22. The van der Waals surface area contributed by atoms with Gasteiger partial charge in [0.05, 0.1) is 10.5 Å². The van der Waals surface area contributed by atoms with Crippen LogP contribution in [0.2, 0.25) is 0 Å². The van der Waals surface area contributed by atoms with Crippen molar-refractivity contribution in [2.45, 2.75) is 6.92 Å². The third kappa shape index (κ3) is 4.23. The van der Waals surface area contributed by atoms with Crippen molar-refractivity contribution in [3.63, 3.8) is 0 Å². The zero-order valence-corrected chi connectivity index (χ0v) is 17.0. The van der Waals surface area contributed by atoms with Crippen LogP contribution in [0.4, 0.5) is 11.4 Å². The SMILES string of the molecule is Cc1c(C(=O)NC(=S)Nc2ccc3oc(-c4cccnc4)nc3c2)cccc1[N+](=O)[O-]. The van der Waals surface area contributed by atoms with Crippen LogP contribution in [0.25, 0.3) is 22.6 Å². The van der Waals surface area contributed by atoms with Crippen LogP contribution in [0.1, 0.15) is 15.9 Å². The van der Waals surface area contributed by atoms with E-state index in [4.69, 9.17) is 16.6 Å². The van der Waals surface area contributed by atoms with Crippen LogP contribution in [0.15, 0.2) is 65.3 Å². The van der Waals surface area contributed by atoms with E-state index in [0.29, 0.717) is 22.7 Å². The van der Waals surface area contributed by atoms with E-state index in [9.17, 15) is 14.9 Å². The van der Waals surface area contributed by atoms with E-state index < -0.39 is 10.8 Å². The fourth-order valence-electron chi connectivity index (χ4n) is 3.02. The lowest BCUT2D eigenvalue weighted by Crippen LogP contribution is -2.34. The maximum atomic E-state index is 12.5. The fraction of sp³-hybridized carbons (Fsp3) is 0.0476. The number of benzene rings is 2. The number of hydrogen-bond acceptors (Lipinski definition) is 7. The summed E-state index contributed by atoms with van der Waals surface area (Å²) in [7, 11) is 0. The number of carbonyl (C=O) groups is 1. The number of nitro groups is 1. The Morgan fingerprint density at radius 2 is 2.03 bits per heavy atom. The molecule has 0 atom stereocenters. The minimum atomic E-state index is -0.542. The number of oxazole rings is 1. The number of carbonyl (C=O) groups excluding carboxylic acids is 1. The Bertz CT molecular complexity index is 1320. The minimum absolute atomic E-state index is 0.0474. The standard InChI is InChI=1S/C21H15N5O4S/c1-12-15(5-2-6-17(12)26(28)29)19(27)25-21(31)23-14-7-8-18-16(10-14)24-20(30-18)13-4-3-9-22-11-13/h2-11H,1H3,(H2,23,25,27,31). The van der Waals surface area contributed by atoms with Crippen LogP contribution in [0.3, 0.4) is 0 Å². The first kappa shape index (κ1) is 20.1. The van der Waals surface area contributed by atoms with Gasteiger partial charge >= 0.3 is 0 Å². The van der Waals surface area contributed by atoms with Crippen LogP contribution in [-0.4, -0.2) is 25.9 Å². The van der Waals surface area contributed by atoms with E-state index in [1.165, 1.54) is 25.1 Å². The van der Waals surface area contributed by atoms with Crippen LogP contribution in [0, 0.1) is 17.0 Å². The molecular formula is C21H15N5O4S. The molecule has 2 aromatic heterocycles. The van der Waals surface area contributed by atoms with Crippen molar-refractivity contribution >= 4 is 45.7 Å². The lowest BCUT2D eigenvalue weighted by Gasteiger charge is -2.11. The number of fused-ring (bicyclic) bond motifs is 1. The molecule has 0 unspecified atom stereocenters. The second-order valence-electron chi connectivity index (χ2n) is 6.56. The Labute approximate surface area is 181 Å². The van der Waals surface area contributed by atoms with Gasteiger partial charge in [-0.3, -0.25) is 25.2 Å². The molecule has 0 saturated heterocycles. The van der Waals surface area contributed by atoms with Crippen LogP contribution >= 0.6 is 12.2 Å². The molecule has 0 spiro atoms. The summed E-state index contributed by atoms with van der Waals surface area (Å²) in [5, 5.41) is 16.6. The van der Waals surface area contributed by atoms with Crippen molar-refractivity contribution < 1.29 is 14.1 Å². The van der Waals surface area contributed by atoms with Gasteiger partial charge in [0.2, 0.25) is 5.89 Å². The third-order valence-electron chi connectivity index (χ3n) is 4.53. The topological polar surface area (TPSA) is 123 Å². The van der Waals surface area contributed by atoms with Crippen molar-refractivity contribution in [2.75, 3.05) is 5.32 Å². The van der Waals surface area contributed by atoms with E-state index in [1.807, 2.05) is 6.07 Å². The summed E-state index contributed by atoms with van der Waals surface area (Å²) in [5.74, 6) is -0.0997. The normalized spacial score (nSPS) is 10.6. The maximum absolute atomic E-state index is 12.5. The summed E-state index contributed by atoms with van der Waals surface area (Å²) in [5.41, 5.74) is 2.85. The number of rotatable bonds is 4. The molecule has 0 aliphatic heterocycles. The number of pyridine rings is 1. The van der Waals surface area contributed by atoms with E-state index in [2.05, 4.69) is 20.6 Å². The molecular weight excluding hydrogens is 418 g/mol. The number of nitro benzene ring substituents is 1. The van der Waals surface area contributed by atoms with Gasteiger partial charge in [0.15, 0.2) is 10.7 Å². The van der Waals surface area contributed by atoms with Crippen LogP contribution in [-0.2, 0) is 0 Å². The second-order valence-corrected chi connectivity index (χ2v) is 6.97. The molecule has 10 heteroatoms. The molecule has 154 valence electrons. The van der Waals surface area contributed by atoms with E-state index in [0.717, 1.165) is 5.56 Å². The van der Waals surface area contributed by atoms with Gasteiger partial charge in [-0.2, -0.15) is 0 Å². The maximum Gasteiger partial charge on any atom is 0.273 e. The average molecular weight is 433 g/mol. The Morgan fingerprint density at radius 3 is 2.77 bits per heavy atom. The van der Waals surface area contributed by atoms with Crippen molar-refractivity contribution in [1.29, 1.82) is 0 Å². The Balaban J connectivity index is 1.49. The number of amides is 1. The quantitative estimate of drug-likeness (QED) is 0.278. The first-order valence-corrected chi connectivity index (χ1v) is 9.50. The number of nitrogens with one attached hydrogen (secondary N) is 2. The Morgan fingerprint density at radius 1 is 1.19 bits per heavy atom. The molecule has 9 nitrogen and oxygen atoms in total. The summed E-state index contributed by atoms with van der Waals surface area (Å²) in [6.45, 7) is 1.52. The number of thiocarbonyl (C=S) groups is 1. The van der Waals surface area contributed by atoms with Crippen molar-refractivity contribution in [3.05, 3.63) is 82.2 Å². The monoisotopic (exact) mass is 433 g/mol. The summed E-state index contributed by atoms with van der Waals surface area (Å²) in [6.07, 6.45) is 3.32. The van der Waals surface area contributed by atoms with Gasteiger partial charge in [-0.05, 0) is 55.5 Å². The highest BCUT2D eigenvalue weighted by Crippen LogP contribution is 2.26. The fourth-order valence-corrected chi connectivity index (χ4v) is 3.23. The van der Waals surface area contributed by atoms with Gasteiger partial charge in [0, 0.05) is 35.3 Å². The molecule has 4 rings (SSSR count). The minimum Gasteiger partial charge on any atom is -0.436 e. The highest BCUT2D eigenvalue weighted by molar-refractivity contribution is 7.80. The highest BCUT2D eigenvalue weighted by atomic mass is 32.1. The van der Waals surface area contributed by atoms with E-state index in [-0.39, 0.29) is 21.9 Å². The van der Waals surface area contributed by atoms with E-state index >= 15 is 0 Å². The van der Waals surface area contributed by atoms with Crippen LogP contribution < -0.4 is 10.6 Å². The van der Waals surface area contributed by atoms with Crippen LogP contribution in [0.5, 0.6) is 0 Å². The summed E-state index contributed by atoms with van der Waals surface area (Å²) < 4.78 is 5.74. The zero-order chi connectivity index (χ0) is 22.0.